The predicted molar refractivity (Wildman–Crippen MR) is 40.2 cm³/mol. The highest BCUT2D eigenvalue weighted by molar-refractivity contribution is 5.65. The molecule has 1 fully saturated rings. The van der Waals surface area contributed by atoms with E-state index in [2.05, 4.69) is 0 Å². The second kappa shape index (κ2) is 3.72. The molecular formula is C8H14O3. The quantitative estimate of drug-likeness (QED) is 0.565. The summed E-state index contributed by atoms with van der Waals surface area (Å²) in [4.78, 5) is 10.4. The van der Waals surface area contributed by atoms with E-state index >= 15 is 0 Å². The van der Waals surface area contributed by atoms with E-state index < -0.39 is 0 Å². The van der Waals surface area contributed by atoms with Gasteiger partial charge in [0.15, 0.2) is 0 Å². The lowest BCUT2D eigenvalue weighted by atomic mass is 10.2. The van der Waals surface area contributed by atoms with E-state index in [1.165, 1.54) is 6.92 Å². The van der Waals surface area contributed by atoms with Gasteiger partial charge in [0.05, 0.1) is 12.2 Å². The fourth-order valence-corrected chi connectivity index (χ4v) is 1.22. The van der Waals surface area contributed by atoms with Gasteiger partial charge in [-0.2, -0.15) is 0 Å². The molecule has 11 heavy (non-hydrogen) atoms. The van der Waals surface area contributed by atoms with Crippen molar-refractivity contribution in [3.05, 3.63) is 0 Å². The minimum atomic E-state index is -0.229. The molecule has 0 aliphatic carbocycles. The number of carbonyl (C=O) groups is 1. The zero-order chi connectivity index (χ0) is 8.27. The van der Waals surface area contributed by atoms with Gasteiger partial charge in [0.2, 0.25) is 0 Å². The molecule has 0 aromatic heterocycles. The average molecular weight is 158 g/mol. The number of hydrogen-bond acceptors (Lipinski definition) is 3. The fourth-order valence-electron chi connectivity index (χ4n) is 1.22. The SMILES string of the molecule is CC(=O)OC[C@@H]1CCC(C)O1. The molecule has 0 amide bonds. The van der Waals surface area contributed by atoms with Crippen molar-refractivity contribution < 1.29 is 14.3 Å². The Morgan fingerprint density at radius 3 is 2.82 bits per heavy atom. The molecular weight excluding hydrogens is 144 g/mol. The molecule has 0 radical (unpaired) electrons. The third-order valence-corrected chi connectivity index (χ3v) is 1.79. The Kier molecular flexibility index (Phi) is 2.88. The predicted octanol–water partition coefficient (Wildman–Crippen LogP) is 1.12. The summed E-state index contributed by atoms with van der Waals surface area (Å²) in [5, 5.41) is 0. The van der Waals surface area contributed by atoms with Crippen LogP contribution in [0.1, 0.15) is 26.7 Å². The van der Waals surface area contributed by atoms with Gasteiger partial charge in [0, 0.05) is 6.92 Å². The maximum Gasteiger partial charge on any atom is 0.302 e. The van der Waals surface area contributed by atoms with Crippen molar-refractivity contribution in [3.8, 4) is 0 Å². The minimum Gasteiger partial charge on any atom is -0.463 e. The Morgan fingerprint density at radius 2 is 2.36 bits per heavy atom. The van der Waals surface area contributed by atoms with E-state index in [1.807, 2.05) is 6.92 Å². The maximum absolute atomic E-state index is 10.4. The highest BCUT2D eigenvalue weighted by Gasteiger charge is 2.22. The molecule has 1 saturated heterocycles. The van der Waals surface area contributed by atoms with Crippen LogP contribution in [-0.2, 0) is 14.3 Å². The van der Waals surface area contributed by atoms with Crippen LogP contribution in [-0.4, -0.2) is 24.8 Å². The lowest BCUT2D eigenvalue weighted by Crippen LogP contribution is -2.17. The fraction of sp³-hybridized carbons (Fsp3) is 0.875. The number of carbonyl (C=O) groups excluding carboxylic acids is 1. The smallest absolute Gasteiger partial charge is 0.302 e. The summed E-state index contributed by atoms with van der Waals surface area (Å²) in [5.41, 5.74) is 0. The third kappa shape index (κ3) is 2.89. The molecule has 0 bridgehead atoms. The molecule has 1 rings (SSSR count). The largest absolute Gasteiger partial charge is 0.463 e. The van der Waals surface area contributed by atoms with E-state index in [0.717, 1.165) is 12.8 Å². The molecule has 2 atom stereocenters. The highest BCUT2D eigenvalue weighted by atomic mass is 16.6. The van der Waals surface area contributed by atoms with E-state index in [-0.39, 0.29) is 12.1 Å². The summed E-state index contributed by atoms with van der Waals surface area (Å²) < 4.78 is 10.2. The van der Waals surface area contributed by atoms with E-state index in [0.29, 0.717) is 12.7 Å². The molecule has 0 saturated carbocycles. The number of rotatable bonds is 2. The molecule has 1 unspecified atom stereocenters. The van der Waals surface area contributed by atoms with Crippen molar-refractivity contribution >= 4 is 5.97 Å². The molecule has 0 N–H and O–H groups in total. The summed E-state index contributed by atoms with van der Waals surface area (Å²) in [7, 11) is 0. The zero-order valence-corrected chi connectivity index (χ0v) is 7.00. The van der Waals surface area contributed by atoms with Crippen LogP contribution in [0.4, 0.5) is 0 Å². The van der Waals surface area contributed by atoms with E-state index in [4.69, 9.17) is 9.47 Å². The van der Waals surface area contributed by atoms with Crippen molar-refractivity contribution in [2.45, 2.75) is 38.9 Å². The summed E-state index contributed by atoms with van der Waals surface area (Å²) in [5.74, 6) is -0.229. The van der Waals surface area contributed by atoms with Gasteiger partial charge < -0.3 is 9.47 Å². The highest BCUT2D eigenvalue weighted by Crippen LogP contribution is 2.18. The van der Waals surface area contributed by atoms with Crippen LogP contribution in [0, 0.1) is 0 Å². The van der Waals surface area contributed by atoms with E-state index in [1.54, 1.807) is 0 Å². The summed E-state index contributed by atoms with van der Waals surface area (Å²) in [6.45, 7) is 3.87. The normalized spacial score (nSPS) is 30.4. The second-order valence-corrected chi connectivity index (χ2v) is 2.95. The lowest BCUT2D eigenvalue weighted by molar-refractivity contribution is -0.144. The molecule has 0 aromatic carbocycles. The first-order valence-electron chi connectivity index (χ1n) is 3.97. The summed E-state index contributed by atoms with van der Waals surface area (Å²) in [6, 6.07) is 0. The van der Waals surface area contributed by atoms with E-state index in [9.17, 15) is 4.79 Å². The van der Waals surface area contributed by atoms with Gasteiger partial charge in [0.25, 0.3) is 0 Å². The number of ether oxygens (including phenoxy) is 2. The van der Waals surface area contributed by atoms with Crippen molar-refractivity contribution in [2.75, 3.05) is 6.61 Å². The maximum atomic E-state index is 10.4. The van der Waals surface area contributed by atoms with Gasteiger partial charge in [-0.3, -0.25) is 4.79 Å². The molecule has 64 valence electrons. The van der Waals surface area contributed by atoms with Crippen molar-refractivity contribution in [2.24, 2.45) is 0 Å². The van der Waals surface area contributed by atoms with Crippen molar-refractivity contribution in [1.29, 1.82) is 0 Å². The Hall–Kier alpha value is -0.570. The Balaban J connectivity index is 2.13. The van der Waals surface area contributed by atoms with Crippen molar-refractivity contribution in [3.63, 3.8) is 0 Å². The van der Waals surface area contributed by atoms with Crippen molar-refractivity contribution in [1.82, 2.24) is 0 Å². The Labute approximate surface area is 66.7 Å². The Morgan fingerprint density at radius 1 is 1.64 bits per heavy atom. The molecule has 1 heterocycles. The van der Waals surface area contributed by atoms with Crippen LogP contribution in [0.15, 0.2) is 0 Å². The summed E-state index contributed by atoms with van der Waals surface area (Å²) >= 11 is 0. The molecule has 1 aliphatic heterocycles. The van der Waals surface area contributed by atoms with Crippen LogP contribution < -0.4 is 0 Å². The zero-order valence-electron chi connectivity index (χ0n) is 7.00. The Bertz CT molecular complexity index is 144. The van der Waals surface area contributed by atoms with Gasteiger partial charge in [0.1, 0.15) is 6.61 Å². The molecule has 3 heteroatoms. The first kappa shape index (κ1) is 8.53. The first-order valence-corrected chi connectivity index (χ1v) is 3.97. The second-order valence-electron chi connectivity index (χ2n) is 2.95. The minimum absolute atomic E-state index is 0.133. The lowest BCUT2D eigenvalue weighted by Gasteiger charge is -2.09. The van der Waals surface area contributed by atoms with Gasteiger partial charge in [-0.25, -0.2) is 0 Å². The number of hydrogen-bond donors (Lipinski definition) is 0. The molecule has 0 spiro atoms. The molecule has 0 aromatic rings. The van der Waals surface area contributed by atoms with Crippen LogP contribution >= 0.6 is 0 Å². The third-order valence-electron chi connectivity index (χ3n) is 1.79. The monoisotopic (exact) mass is 158 g/mol. The van der Waals surface area contributed by atoms with Gasteiger partial charge in [-0.1, -0.05) is 0 Å². The average Bonchev–Trinajstić information content (AvgIpc) is 2.31. The molecule has 3 nitrogen and oxygen atoms in total. The van der Waals surface area contributed by atoms with Crippen LogP contribution in [0.25, 0.3) is 0 Å². The standard InChI is InChI=1S/C8H14O3/c1-6-3-4-8(11-6)5-10-7(2)9/h6,8H,3-5H2,1-2H3/t6?,8-/m0/s1. The van der Waals surface area contributed by atoms with Crippen LogP contribution in [0.5, 0.6) is 0 Å². The summed E-state index contributed by atoms with van der Waals surface area (Å²) in [6.07, 6.45) is 2.55. The van der Waals surface area contributed by atoms with Gasteiger partial charge in [-0.15, -0.1) is 0 Å². The first-order chi connectivity index (χ1) is 5.18. The number of esters is 1. The topological polar surface area (TPSA) is 35.5 Å². The van der Waals surface area contributed by atoms with Gasteiger partial charge >= 0.3 is 5.97 Å². The van der Waals surface area contributed by atoms with Gasteiger partial charge in [-0.05, 0) is 19.8 Å². The van der Waals surface area contributed by atoms with Crippen LogP contribution in [0.2, 0.25) is 0 Å². The van der Waals surface area contributed by atoms with Crippen LogP contribution in [0.3, 0.4) is 0 Å². The molecule has 1 aliphatic rings.